The molecule has 0 aliphatic carbocycles. The number of hydrogen-bond acceptors (Lipinski definition) is 1. The Morgan fingerprint density at radius 1 is 1.29 bits per heavy atom. The van der Waals surface area contributed by atoms with Crippen LogP contribution in [-0.4, -0.2) is 12.7 Å². The van der Waals surface area contributed by atoms with Crippen molar-refractivity contribution in [2.24, 2.45) is 0 Å². The topological polar surface area (TPSA) is 9.23 Å². The van der Waals surface area contributed by atoms with E-state index in [4.69, 9.17) is 4.74 Å². The molecular formula is C15H19IO. The lowest BCUT2D eigenvalue weighted by Crippen LogP contribution is -2.06. The summed E-state index contributed by atoms with van der Waals surface area (Å²) in [4.78, 5) is 0. The molecule has 0 saturated heterocycles. The molecule has 0 radical (unpaired) electrons. The Morgan fingerprint density at radius 3 is 2.76 bits per heavy atom. The Labute approximate surface area is 117 Å². The van der Waals surface area contributed by atoms with E-state index in [1.807, 2.05) is 0 Å². The van der Waals surface area contributed by atoms with Crippen molar-refractivity contribution < 1.29 is 4.74 Å². The van der Waals surface area contributed by atoms with Crippen LogP contribution in [0.15, 0.2) is 39.5 Å². The molecule has 2 heteroatoms. The summed E-state index contributed by atoms with van der Waals surface area (Å²) in [6.07, 6.45) is 5.09. The fourth-order valence-corrected chi connectivity index (χ4v) is 2.99. The van der Waals surface area contributed by atoms with Gasteiger partial charge in [-0.05, 0) is 46.6 Å². The number of ether oxygens (including phenoxy) is 1. The van der Waals surface area contributed by atoms with E-state index in [1.165, 1.54) is 34.0 Å². The zero-order valence-electron chi connectivity index (χ0n) is 10.3. The summed E-state index contributed by atoms with van der Waals surface area (Å²) in [6, 6.07) is 10.7. The SMILES string of the molecule is CCCCC1OCC(Cc2ccccc2)=C1I. The minimum atomic E-state index is 0.370. The van der Waals surface area contributed by atoms with Crippen LogP contribution in [0.25, 0.3) is 0 Å². The van der Waals surface area contributed by atoms with Crippen molar-refractivity contribution in [2.45, 2.75) is 38.7 Å². The third-order valence-corrected chi connectivity index (χ3v) is 4.62. The second-order valence-electron chi connectivity index (χ2n) is 4.56. The van der Waals surface area contributed by atoms with Gasteiger partial charge in [-0.15, -0.1) is 0 Å². The minimum absolute atomic E-state index is 0.370. The smallest absolute Gasteiger partial charge is 0.0886 e. The fraction of sp³-hybridized carbons (Fsp3) is 0.467. The zero-order chi connectivity index (χ0) is 12.1. The molecule has 1 atom stereocenters. The van der Waals surface area contributed by atoms with Gasteiger partial charge in [0, 0.05) is 3.58 Å². The molecule has 0 N–H and O–H groups in total. The van der Waals surface area contributed by atoms with Crippen molar-refractivity contribution in [1.29, 1.82) is 0 Å². The van der Waals surface area contributed by atoms with Crippen LogP contribution in [0.2, 0.25) is 0 Å². The molecule has 1 nitrogen and oxygen atoms in total. The van der Waals surface area contributed by atoms with Gasteiger partial charge in [-0.1, -0.05) is 50.1 Å². The van der Waals surface area contributed by atoms with E-state index < -0.39 is 0 Å². The monoisotopic (exact) mass is 342 g/mol. The first-order valence-electron chi connectivity index (χ1n) is 6.34. The van der Waals surface area contributed by atoms with Crippen LogP contribution in [0, 0.1) is 0 Å². The van der Waals surface area contributed by atoms with Crippen LogP contribution in [0.1, 0.15) is 31.7 Å². The quantitative estimate of drug-likeness (QED) is 0.716. The highest BCUT2D eigenvalue weighted by molar-refractivity contribution is 14.1. The third-order valence-electron chi connectivity index (χ3n) is 3.16. The maximum Gasteiger partial charge on any atom is 0.0886 e. The Kier molecular flexibility index (Phi) is 5.04. The lowest BCUT2D eigenvalue weighted by atomic mass is 10.0. The van der Waals surface area contributed by atoms with Gasteiger partial charge in [0.15, 0.2) is 0 Å². The molecule has 0 amide bonds. The third kappa shape index (κ3) is 3.55. The normalized spacial score (nSPS) is 20.0. The number of hydrogen-bond donors (Lipinski definition) is 0. The van der Waals surface area contributed by atoms with Crippen molar-refractivity contribution >= 4 is 22.6 Å². The van der Waals surface area contributed by atoms with Gasteiger partial charge < -0.3 is 4.74 Å². The minimum Gasteiger partial charge on any atom is -0.369 e. The summed E-state index contributed by atoms with van der Waals surface area (Å²) in [7, 11) is 0. The summed E-state index contributed by atoms with van der Waals surface area (Å²) < 4.78 is 7.31. The Hall–Kier alpha value is -0.350. The highest BCUT2D eigenvalue weighted by Gasteiger charge is 2.23. The molecule has 0 spiro atoms. The predicted molar refractivity (Wildman–Crippen MR) is 80.5 cm³/mol. The van der Waals surface area contributed by atoms with Crippen LogP contribution >= 0.6 is 22.6 Å². The van der Waals surface area contributed by atoms with E-state index in [0.29, 0.717) is 6.10 Å². The highest BCUT2D eigenvalue weighted by atomic mass is 127. The van der Waals surface area contributed by atoms with Crippen molar-refractivity contribution in [3.63, 3.8) is 0 Å². The van der Waals surface area contributed by atoms with Crippen LogP contribution in [-0.2, 0) is 11.2 Å². The number of unbranched alkanes of at least 4 members (excludes halogenated alkanes) is 1. The number of benzene rings is 1. The van der Waals surface area contributed by atoms with Crippen molar-refractivity contribution in [3.05, 3.63) is 45.0 Å². The average molecular weight is 342 g/mol. The molecule has 0 saturated carbocycles. The van der Waals surface area contributed by atoms with E-state index in [1.54, 1.807) is 0 Å². The molecule has 1 heterocycles. The lowest BCUT2D eigenvalue weighted by Gasteiger charge is -2.09. The lowest BCUT2D eigenvalue weighted by molar-refractivity contribution is 0.115. The van der Waals surface area contributed by atoms with E-state index in [-0.39, 0.29) is 0 Å². The maximum absolute atomic E-state index is 5.87. The Balaban J connectivity index is 1.99. The number of halogens is 1. The van der Waals surface area contributed by atoms with Gasteiger partial charge in [0.2, 0.25) is 0 Å². The summed E-state index contributed by atoms with van der Waals surface area (Å²) in [5, 5.41) is 0. The molecule has 1 aliphatic heterocycles. The van der Waals surface area contributed by atoms with Crippen LogP contribution in [0.3, 0.4) is 0 Å². The molecule has 92 valence electrons. The second kappa shape index (κ2) is 6.55. The van der Waals surface area contributed by atoms with Gasteiger partial charge in [-0.25, -0.2) is 0 Å². The molecule has 0 bridgehead atoms. The van der Waals surface area contributed by atoms with Crippen molar-refractivity contribution in [1.82, 2.24) is 0 Å². The van der Waals surface area contributed by atoms with Crippen LogP contribution in [0.5, 0.6) is 0 Å². The van der Waals surface area contributed by atoms with Crippen LogP contribution < -0.4 is 0 Å². The van der Waals surface area contributed by atoms with Gasteiger partial charge >= 0.3 is 0 Å². The average Bonchev–Trinajstić information content (AvgIpc) is 2.70. The first-order chi connectivity index (χ1) is 8.31. The standard InChI is InChI=1S/C15H19IO/c1-2-3-9-14-15(16)13(11-17-14)10-12-7-5-4-6-8-12/h4-8,14H,2-3,9-11H2,1H3. The van der Waals surface area contributed by atoms with E-state index >= 15 is 0 Å². The summed E-state index contributed by atoms with van der Waals surface area (Å²) in [6.45, 7) is 3.05. The second-order valence-corrected chi connectivity index (χ2v) is 5.72. The van der Waals surface area contributed by atoms with E-state index in [9.17, 15) is 0 Å². The molecule has 1 unspecified atom stereocenters. The molecule has 0 aromatic heterocycles. The van der Waals surface area contributed by atoms with E-state index in [2.05, 4.69) is 59.8 Å². The van der Waals surface area contributed by atoms with Gasteiger partial charge in [0.1, 0.15) is 0 Å². The van der Waals surface area contributed by atoms with E-state index in [0.717, 1.165) is 13.0 Å². The molecule has 1 aromatic rings. The first kappa shape index (κ1) is 13.1. The highest BCUT2D eigenvalue weighted by Crippen LogP contribution is 2.32. The summed E-state index contributed by atoms with van der Waals surface area (Å²) >= 11 is 2.48. The zero-order valence-corrected chi connectivity index (χ0v) is 12.4. The Morgan fingerprint density at radius 2 is 2.06 bits per heavy atom. The molecule has 1 aliphatic rings. The first-order valence-corrected chi connectivity index (χ1v) is 7.42. The summed E-state index contributed by atoms with van der Waals surface area (Å²) in [5.41, 5.74) is 2.86. The van der Waals surface area contributed by atoms with Gasteiger partial charge in [-0.2, -0.15) is 0 Å². The molecule has 1 aromatic carbocycles. The molecule has 0 fully saturated rings. The largest absolute Gasteiger partial charge is 0.369 e. The molecular weight excluding hydrogens is 323 g/mol. The van der Waals surface area contributed by atoms with Crippen LogP contribution in [0.4, 0.5) is 0 Å². The van der Waals surface area contributed by atoms with Crippen molar-refractivity contribution in [3.8, 4) is 0 Å². The van der Waals surface area contributed by atoms with Gasteiger partial charge in [0.25, 0.3) is 0 Å². The van der Waals surface area contributed by atoms with Gasteiger partial charge in [-0.3, -0.25) is 0 Å². The molecule has 2 rings (SSSR count). The van der Waals surface area contributed by atoms with Gasteiger partial charge in [0.05, 0.1) is 12.7 Å². The van der Waals surface area contributed by atoms with Crippen molar-refractivity contribution in [2.75, 3.05) is 6.61 Å². The predicted octanol–water partition coefficient (Wildman–Crippen LogP) is 4.51. The fourth-order valence-electron chi connectivity index (χ4n) is 2.15. The maximum atomic E-state index is 5.87. The summed E-state index contributed by atoms with van der Waals surface area (Å²) in [5.74, 6) is 0. The molecule has 17 heavy (non-hydrogen) atoms. The Bertz CT molecular complexity index is 383. The number of rotatable bonds is 5.